The molecular weight excluding hydrogens is 232 g/mol. The molecule has 0 radical (unpaired) electrons. The Morgan fingerprint density at radius 2 is 2.06 bits per heavy atom. The normalized spacial score (nSPS) is 24.0. The maximum atomic E-state index is 12.5. The van der Waals surface area contributed by atoms with Crippen LogP contribution in [0, 0.1) is 0 Å². The number of carbonyl (C=O) groups is 2. The van der Waals surface area contributed by atoms with Gasteiger partial charge in [-0.3, -0.25) is 9.59 Å². The molecule has 0 spiro atoms. The number of nitrogens with zero attached hydrogens (tertiary/aromatic N) is 1. The Hall–Kier alpha value is -1.10. The van der Waals surface area contributed by atoms with Crippen LogP contribution in [-0.2, 0) is 14.3 Å². The third-order valence-corrected chi connectivity index (χ3v) is 3.17. The number of hydrogen-bond donors (Lipinski definition) is 1. The molecule has 104 valence electrons. The highest BCUT2D eigenvalue weighted by Gasteiger charge is 2.45. The molecule has 0 bridgehead atoms. The third kappa shape index (κ3) is 3.02. The van der Waals surface area contributed by atoms with Crippen molar-refractivity contribution in [3.63, 3.8) is 0 Å². The predicted octanol–water partition coefficient (Wildman–Crippen LogP) is 0.927. The zero-order valence-electron chi connectivity index (χ0n) is 12.2. The van der Waals surface area contributed by atoms with Crippen molar-refractivity contribution in [2.75, 3.05) is 13.7 Å². The highest BCUT2D eigenvalue weighted by molar-refractivity contribution is 5.88. The number of amides is 1. The fourth-order valence-electron chi connectivity index (χ4n) is 2.64. The highest BCUT2D eigenvalue weighted by Crippen LogP contribution is 2.29. The lowest BCUT2D eigenvalue weighted by atomic mass is 9.89. The maximum Gasteiger partial charge on any atom is 0.307 e. The SMILES string of the molecule is COC(=O)CC1NCC(C)(C)N(C(C)(C)C)C1=O. The van der Waals surface area contributed by atoms with Crippen LogP contribution in [0.4, 0.5) is 0 Å². The van der Waals surface area contributed by atoms with E-state index in [4.69, 9.17) is 0 Å². The number of hydrogen-bond acceptors (Lipinski definition) is 4. The summed E-state index contributed by atoms with van der Waals surface area (Å²) in [4.78, 5) is 25.7. The third-order valence-electron chi connectivity index (χ3n) is 3.17. The Morgan fingerprint density at radius 1 is 1.50 bits per heavy atom. The summed E-state index contributed by atoms with van der Waals surface area (Å²) in [6, 6.07) is -0.482. The van der Waals surface area contributed by atoms with Crippen molar-refractivity contribution in [2.24, 2.45) is 0 Å². The van der Waals surface area contributed by atoms with Crippen molar-refractivity contribution >= 4 is 11.9 Å². The molecule has 1 heterocycles. The van der Waals surface area contributed by atoms with E-state index >= 15 is 0 Å². The average molecular weight is 256 g/mol. The van der Waals surface area contributed by atoms with Gasteiger partial charge in [-0.1, -0.05) is 0 Å². The first-order valence-corrected chi connectivity index (χ1v) is 6.24. The average Bonchev–Trinajstić information content (AvgIpc) is 2.19. The minimum atomic E-state index is -0.482. The van der Waals surface area contributed by atoms with Crippen LogP contribution in [-0.4, -0.2) is 47.6 Å². The number of esters is 1. The highest BCUT2D eigenvalue weighted by atomic mass is 16.5. The van der Waals surface area contributed by atoms with E-state index in [0.717, 1.165) is 0 Å². The van der Waals surface area contributed by atoms with E-state index in [-0.39, 0.29) is 29.4 Å². The van der Waals surface area contributed by atoms with Crippen molar-refractivity contribution in [3.8, 4) is 0 Å². The Morgan fingerprint density at radius 3 is 2.50 bits per heavy atom. The standard InChI is InChI=1S/C13H24N2O3/c1-12(2,3)15-11(17)9(7-10(16)18-6)14-8-13(15,4)5/h9,14H,7-8H2,1-6H3. The van der Waals surface area contributed by atoms with Gasteiger partial charge in [0, 0.05) is 12.1 Å². The molecule has 1 unspecified atom stereocenters. The fraction of sp³-hybridized carbons (Fsp3) is 0.846. The monoisotopic (exact) mass is 256 g/mol. The molecule has 0 aromatic heterocycles. The van der Waals surface area contributed by atoms with Gasteiger partial charge in [0.25, 0.3) is 0 Å². The minimum absolute atomic E-state index is 0.0378. The van der Waals surface area contributed by atoms with Crippen molar-refractivity contribution in [3.05, 3.63) is 0 Å². The topological polar surface area (TPSA) is 58.6 Å². The quantitative estimate of drug-likeness (QED) is 0.747. The van der Waals surface area contributed by atoms with E-state index < -0.39 is 6.04 Å². The fourth-order valence-corrected chi connectivity index (χ4v) is 2.64. The molecule has 0 aromatic rings. The summed E-state index contributed by atoms with van der Waals surface area (Å²) in [5, 5.41) is 3.13. The molecule has 1 fully saturated rings. The molecule has 0 aromatic carbocycles. The minimum Gasteiger partial charge on any atom is -0.469 e. The molecule has 5 heteroatoms. The maximum absolute atomic E-state index is 12.5. The molecule has 1 aliphatic rings. The van der Waals surface area contributed by atoms with E-state index in [1.165, 1.54) is 7.11 Å². The van der Waals surface area contributed by atoms with Gasteiger partial charge in [0.1, 0.15) is 0 Å². The zero-order valence-corrected chi connectivity index (χ0v) is 12.2. The largest absolute Gasteiger partial charge is 0.469 e. The molecule has 1 amide bonds. The van der Waals surface area contributed by atoms with Gasteiger partial charge in [-0.05, 0) is 34.6 Å². The van der Waals surface area contributed by atoms with E-state index in [9.17, 15) is 9.59 Å². The lowest BCUT2D eigenvalue weighted by Crippen LogP contribution is -2.70. The zero-order chi connectivity index (χ0) is 14.1. The summed E-state index contributed by atoms with van der Waals surface area (Å²) in [5.74, 6) is -0.404. The first kappa shape index (κ1) is 15.0. The smallest absolute Gasteiger partial charge is 0.307 e. The Balaban J connectivity index is 2.92. The summed E-state index contributed by atoms with van der Waals surface area (Å²) >= 11 is 0. The van der Waals surface area contributed by atoms with E-state index in [1.54, 1.807) is 0 Å². The van der Waals surface area contributed by atoms with Crippen LogP contribution in [0.15, 0.2) is 0 Å². The molecular formula is C13H24N2O3. The number of ether oxygens (including phenoxy) is 1. The van der Waals surface area contributed by atoms with Gasteiger partial charge in [-0.15, -0.1) is 0 Å². The Bertz CT molecular complexity index is 345. The van der Waals surface area contributed by atoms with Crippen LogP contribution in [0.2, 0.25) is 0 Å². The van der Waals surface area contributed by atoms with Gasteiger partial charge in [-0.25, -0.2) is 0 Å². The molecule has 1 atom stereocenters. The second kappa shape index (κ2) is 4.88. The second-order valence-corrected chi connectivity index (χ2v) is 6.37. The summed E-state index contributed by atoms with van der Waals surface area (Å²) < 4.78 is 4.62. The van der Waals surface area contributed by atoms with Crippen LogP contribution < -0.4 is 5.32 Å². The summed E-state index contributed by atoms with van der Waals surface area (Å²) in [6.07, 6.45) is 0.0813. The summed E-state index contributed by atoms with van der Waals surface area (Å²) in [5.41, 5.74) is -0.529. The molecule has 18 heavy (non-hydrogen) atoms. The van der Waals surface area contributed by atoms with Crippen molar-refractivity contribution < 1.29 is 14.3 Å². The first-order chi connectivity index (χ1) is 8.09. The summed E-state index contributed by atoms with van der Waals surface area (Å²) in [7, 11) is 1.33. The van der Waals surface area contributed by atoms with Crippen molar-refractivity contribution in [2.45, 2.75) is 58.2 Å². The molecule has 0 aliphatic carbocycles. The van der Waals surface area contributed by atoms with Gasteiger partial charge in [0.05, 0.1) is 25.1 Å². The van der Waals surface area contributed by atoms with Gasteiger partial charge >= 0.3 is 5.97 Å². The number of carbonyl (C=O) groups excluding carboxylic acids is 2. The lowest BCUT2D eigenvalue weighted by Gasteiger charge is -2.52. The molecule has 1 saturated heterocycles. The van der Waals surface area contributed by atoms with Crippen LogP contribution in [0.5, 0.6) is 0 Å². The van der Waals surface area contributed by atoms with Crippen LogP contribution in [0.1, 0.15) is 41.0 Å². The van der Waals surface area contributed by atoms with Gasteiger partial charge in [0.2, 0.25) is 5.91 Å². The van der Waals surface area contributed by atoms with E-state index in [1.807, 2.05) is 39.5 Å². The summed E-state index contributed by atoms with van der Waals surface area (Å²) in [6.45, 7) is 10.7. The number of methoxy groups -OCH3 is 1. The molecule has 1 aliphatic heterocycles. The number of rotatable bonds is 2. The van der Waals surface area contributed by atoms with Crippen LogP contribution in [0.3, 0.4) is 0 Å². The van der Waals surface area contributed by atoms with E-state index in [0.29, 0.717) is 6.54 Å². The molecule has 5 nitrogen and oxygen atoms in total. The van der Waals surface area contributed by atoms with Crippen LogP contribution in [0.25, 0.3) is 0 Å². The molecule has 1 rings (SSSR count). The van der Waals surface area contributed by atoms with Gasteiger partial charge in [-0.2, -0.15) is 0 Å². The lowest BCUT2D eigenvalue weighted by molar-refractivity contribution is -0.155. The number of piperazine rings is 1. The second-order valence-electron chi connectivity index (χ2n) is 6.37. The van der Waals surface area contributed by atoms with Gasteiger partial charge < -0.3 is 15.0 Å². The predicted molar refractivity (Wildman–Crippen MR) is 69.1 cm³/mol. The van der Waals surface area contributed by atoms with E-state index in [2.05, 4.69) is 10.1 Å². The van der Waals surface area contributed by atoms with Crippen LogP contribution >= 0.6 is 0 Å². The van der Waals surface area contributed by atoms with Crippen molar-refractivity contribution in [1.82, 2.24) is 10.2 Å². The first-order valence-electron chi connectivity index (χ1n) is 6.24. The Kier molecular flexibility index (Phi) is 4.05. The molecule has 1 N–H and O–H groups in total. The van der Waals surface area contributed by atoms with Crippen molar-refractivity contribution in [1.29, 1.82) is 0 Å². The Labute approximate surface area is 109 Å². The van der Waals surface area contributed by atoms with Gasteiger partial charge in [0.15, 0.2) is 0 Å². The number of nitrogens with one attached hydrogen (secondary N) is 1. The molecule has 0 saturated carbocycles.